The SMILES string of the molecule is CN1C(=O)CC(C)(C)c2cc(S(=O)(=O)N(C)CCO)ccc21. The summed E-state index contributed by atoms with van der Waals surface area (Å²) in [6.07, 6.45) is 0.340. The number of aliphatic hydroxyl groups excluding tert-OH is 1. The summed E-state index contributed by atoms with van der Waals surface area (Å²) in [5.74, 6) is 0.0190. The first-order valence-electron chi connectivity index (χ1n) is 7.09. The third-order valence-corrected chi connectivity index (χ3v) is 6.00. The van der Waals surface area contributed by atoms with Crippen molar-refractivity contribution >= 4 is 21.6 Å². The number of hydrogen-bond acceptors (Lipinski definition) is 4. The summed E-state index contributed by atoms with van der Waals surface area (Å²) in [5.41, 5.74) is 1.16. The van der Waals surface area contributed by atoms with Gasteiger partial charge in [-0.3, -0.25) is 4.79 Å². The highest BCUT2D eigenvalue weighted by molar-refractivity contribution is 7.89. The summed E-state index contributed by atoms with van der Waals surface area (Å²) in [5, 5.41) is 8.94. The van der Waals surface area contributed by atoms with Gasteiger partial charge in [-0.1, -0.05) is 13.8 Å². The molecule has 1 aromatic rings. The van der Waals surface area contributed by atoms with Gasteiger partial charge in [0.05, 0.1) is 11.5 Å². The second kappa shape index (κ2) is 5.64. The molecule has 0 fully saturated rings. The van der Waals surface area contributed by atoms with Gasteiger partial charge >= 0.3 is 0 Å². The summed E-state index contributed by atoms with van der Waals surface area (Å²) in [6, 6.07) is 4.82. The number of rotatable bonds is 4. The molecule has 6 nitrogen and oxygen atoms in total. The highest BCUT2D eigenvalue weighted by Crippen LogP contribution is 2.40. The number of sulfonamides is 1. The van der Waals surface area contributed by atoms with Crippen LogP contribution in [0.2, 0.25) is 0 Å². The fourth-order valence-electron chi connectivity index (χ4n) is 2.68. The van der Waals surface area contributed by atoms with E-state index in [-0.39, 0.29) is 24.0 Å². The second-order valence-electron chi connectivity index (χ2n) is 6.24. The zero-order valence-corrected chi connectivity index (χ0v) is 14.1. The standard InChI is InChI=1S/C15H22N2O4S/c1-15(2)10-14(19)17(4)13-6-5-11(9-12(13)15)22(20,21)16(3)7-8-18/h5-6,9,18H,7-8,10H2,1-4H3. The number of amides is 1. The number of nitrogens with zero attached hydrogens (tertiary/aromatic N) is 2. The van der Waals surface area contributed by atoms with Gasteiger partial charge in [-0.25, -0.2) is 8.42 Å². The largest absolute Gasteiger partial charge is 0.395 e. The third kappa shape index (κ3) is 2.76. The number of hydrogen-bond donors (Lipinski definition) is 1. The number of benzene rings is 1. The molecule has 0 unspecified atom stereocenters. The van der Waals surface area contributed by atoms with Crippen LogP contribution >= 0.6 is 0 Å². The Bertz CT molecular complexity index is 697. The van der Waals surface area contributed by atoms with E-state index in [0.29, 0.717) is 6.42 Å². The van der Waals surface area contributed by atoms with Gasteiger partial charge in [-0.15, -0.1) is 0 Å². The van der Waals surface area contributed by atoms with E-state index in [4.69, 9.17) is 5.11 Å². The molecule has 0 spiro atoms. The van der Waals surface area contributed by atoms with Gasteiger partial charge in [-0.2, -0.15) is 4.31 Å². The first-order valence-corrected chi connectivity index (χ1v) is 8.53. The number of aliphatic hydroxyl groups is 1. The molecule has 1 aliphatic rings. The highest BCUT2D eigenvalue weighted by atomic mass is 32.2. The number of likely N-dealkylation sites (N-methyl/N-ethyl adjacent to an activating group) is 1. The summed E-state index contributed by atoms with van der Waals surface area (Å²) < 4.78 is 26.1. The van der Waals surface area contributed by atoms with Crippen molar-refractivity contribution in [3.8, 4) is 0 Å². The molecule has 22 heavy (non-hydrogen) atoms. The minimum atomic E-state index is -3.65. The summed E-state index contributed by atoms with van der Waals surface area (Å²) in [7, 11) is -0.513. The molecule has 1 aliphatic heterocycles. The van der Waals surface area contributed by atoms with Gasteiger partial charge in [0, 0.05) is 38.2 Å². The molecule has 0 aliphatic carbocycles. The Morgan fingerprint density at radius 3 is 2.59 bits per heavy atom. The molecule has 0 bridgehead atoms. The normalized spacial score (nSPS) is 17.7. The molecule has 0 saturated heterocycles. The van der Waals surface area contributed by atoms with Crippen molar-refractivity contribution in [1.29, 1.82) is 0 Å². The first kappa shape index (κ1) is 16.9. The van der Waals surface area contributed by atoms with Crippen LogP contribution in [0.4, 0.5) is 5.69 Å². The minimum absolute atomic E-state index is 0.0190. The molecule has 0 radical (unpaired) electrons. The topological polar surface area (TPSA) is 77.9 Å². The van der Waals surface area contributed by atoms with Crippen molar-refractivity contribution in [3.63, 3.8) is 0 Å². The third-order valence-electron chi connectivity index (χ3n) is 4.15. The lowest BCUT2D eigenvalue weighted by Crippen LogP contribution is -2.39. The van der Waals surface area contributed by atoms with E-state index in [0.717, 1.165) is 15.6 Å². The maximum atomic E-state index is 12.5. The fraction of sp³-hybridized carbons (Fsp3) is 0.533. The quantitative estimate of drug-likeness (QED) is 0.893. The number of carbonyl (C=O) groups is 1. The first-order chi connectivity index (χ1) is 10.1. The monoisotopic (exact) mass is 326 g/mol. The van der Waals surface area contributed by atoms with Crippen molar-refractivity contribution in [3.05, 3.63) is 23.8 Å². The van der Waals surface area contributed by atoms with E-state index < -0.39 is 15.4 Å². The van der Waals surface area contributed by atoms with Crippen LogP contribution < -0.4 is 4.90 Å². The zero-order valence-electron chi connectivity index (χ0n) is 13.3. The van der Waals surface area contributed by atoms with Gasteiger partial charge < -0.3 is 10.0 Å². The van der Waals surface area contributed by atoms with E-state index in [1.165, 1.54) is 13.1 Å². The van der Waals surface area contributed by atoms with Gasteiger partial charge in [0.25, 0.3) is 0 Å². The lowest BCUT2D eigenvalue weighted by Gasteiger charge is -2.37. The van der Waals surface area contributed by atoms with Crippen molar-refractivity contribution in [2.45, 2.75) is 30.6 Å². The molecule has 0 saturated carbocycles. The fourth-order valence-corrected chi connectivity index (χ4v) is 3.87. The zero-order chi connectivity index (χ0) is 16.7. The number of carbonyl (C=O) groups excluding carboxylic acids is 1. The van der Waals surface area contributed by atoms with E-state index in [1.54, 1.807) is 24.1 Å². The molecule has 0 aromatic heterocycles. The smallest absolute Gasteiger partial charge is 0.242 e. The molecule has 1 amide bonds. The molecular formula is C15H22N2O4S. The minimum Gasteiger partial charge on any atom is -0.395 e. The van der Waals surface area contributed by atoms with Crippen molar-refractivity contribution in [2.75, 3.05) is 32.1 Å². The predicted molar refractivity (Wildman–Crippen MR) is 84.4 cm³/mol. The van der Waals surface area contributed by atoms with Crippen molar-refractivity contribution in [2.24, 2.45) is 0 Å². The van der Waals surface area contributed by atoms with Crippen LogP contribution in [0, 0.1) is 0 Å². The molecule has 2 rings (SSSR count). The summed E-state index contributed by atoms with van der Waals surface area (Å²) in [4.78, 5) is 13.8. The van der Waals surface area contributed by atoms with Crippen LogP contribution in [0.25, 0.3) is 0 Å². The molecule has 1 heterocycles. The van der Waals surface area contributed by atoms with Crippen LogP contribution in [0.1, 0.15) is 25.8 Å². The van der Waals surface area contributed by atoms with Crippen molar-refractivity contribution in [1.82, 2.24) is 4.31 Å². The number of fused-ring (bicyclic) bond motifs is 1. The van der Waals surface area contributed by atoms with E-state index >= 15 is 0 Å². The average molecular weight is 326 g/mol. The van der Waals surface area contributed by atoms with E-state index in [9.17, 15) is 13.2 Å². The maximum Gasteiger partial charge on any atom is 0.242 e. The number of anilines is 1. The van der Waals surface area contributed by atoms with Crippen LogP contribution in [-0.4, -0.2) is 51.0 Å². The maximum absolute atomic E-state index is 12.5. The predicted octanol–water partition coefficient (Wildman–Crippen LogP) is 0.944. The Morgan fingerprint density at radius 2 is 2.00 bits per heavy atom. The van der Waals surface area contributed by atoms with Gasteiger partial charge in [0.15, 0.2) is 0 Å². The van der Waals surface area contributed by atoms with Crippen LogP contribution in [0.5, 0.6) is 0 Å². The summed E-state index contributed by atoms with van der Waals surface area (Å²) in [6.45, 7) is 3.68. The average Bonchev–Trinajstić information content (AvgIpc) is 2.44. The molecule has 122 valence electrons. The Morgan fingerprint density at radius 1 is 1.36 bits per heavy atom. The molecule has 1 aromatic carbocycles. The van der Waals surface area contributed by atoms with Gasteiger partial charge in [0.1, 0.15) is 0 Å². The Hall–Kier alpha value is -1.44. The van der Waals surface area contributed by atoms with Crippen LogP contribution in [-0.2, 0) is 20.2 Å². The summed E-state index contributed by atoms with van der Waals surface area (Å²) >= 11 is 0. The Labute approximate surface area is 131 Å². The van der Waals surface area contributed by atoms with Crippen LogP contribution in [0.3, 0.4) is 0 Å². The van der Waals surface area contributed by atoms with E-state index in [2.05, 4.69) is 0 Å². The lowest BCUT2D eigenvalue weighted by molar-refractivity contribution is -0.119. The second-order valence-corrected chi connectivity index (χ2v) is 8.29. The van der Waals surface area contributed by atoms with Crippen molar-refractivity contribution < 1.29 is 18.3 Å². The molecular weight excluding hydrogens is 304 g/mol. The highest BCUT2D eigenvalue weighted by Gasteiger charge is 2.36. The van der Waals surface area contributed by atoms with Crippen LogP contribution in [0.15, 0.2) is 23.1 Å². The lowest BCUT2D eigenvalue weighted by atomic mass is 9.77. The van der Waals surface area contributed by atoms with Gasteiger partial charge in [0.2, 0.25) is 15.9 Å². The van der Waals surface area contributed by atoms with E-state index in [1.807, 2.05) is 13.8 Å². The van der Waals surface area contributed by atoms with Gasteiger partial charge in [-0.05, 0) is 23.8 Å². The molecule has 0 atom stereocenters. The Balaban J connectivity index is 2.55. The molecule has 1 N–H and O–H groups in total. The molecule has 7 heteroatoms. The Kier molecular flexibility index (Phi) is 4.34.